The van der Waals surface area contributed by atoms with Gasteiger partial charge in [-0.05, 0) is 25.0 Å². The van der Waals surface area contributed by atoms with Gasteiger partial charge in [-0.25, -0.2) is 0 Å². The molecule has 2 aromatic heterocycles. The van der Waals surface area contributed by atoms with Gasteiger partial charge in [0.05, 0.1) is 11.8 Å². The van der Waals surface area contributed by atoms with Gasteiger partial charge in [0.2, 0.25) is 0 Å². The van der Waals surface area contributed by atoms with Crippen molar-refractivity contribution < 1.29 is 4.79 Å². The average molecular weight is 313 g/mol. The highest BCUT2D eigenvalue weighted by Gasteiger charge is 2.21. The van der Waals surface area contributed by atoms with Gasteiger partial charge in [0.1, 0.15) is 0 Å². The Bertz CT molecular complexity index is 631. The van der Waals surface area contributed by atoms with Crippen LogP contribution in [0.5, 0.6) is 0 Å². The zero-order valence-corrected chi connectivity index (χ0v) is 13.5. The van der Waals surface area contributed by atoms with E-state index in [-0.39, 0.29) is 11.9 Å². The number of nitrogens with zero attached hydrogens (tertiary/aromatic N) is 4. The molecule has 1 saturated heterocycles. The molecule has 1 amide bonds. The van der Waals surface area contributed by atoms with Crippen LogP contribution in [0.2, 0.25) is 0 Å². The maximum atomic E-state index is 12.1. The molecule has 122 valence electrons. The number of piperidine rings is 1. The highest BCUT2D eigenvalue weighted by Crippen LogP contribution is 2.12. The summed E-state index contributed by atoms with van der Waals surface area (Å²) in [7, 11) is 1.82. The molecule has 1 aliphatic heterocycles. The second-order valence-corrected chi connectivity index (χ2v) is 6.06. The summed E-state index contributed by atoms with van der Waals surface area (Å²) >= 11 is 0. The molecule has 0 saturated carbocycles. The number of likely N-dealkylation sites (tertiary alicyclic amines) is 1. The molecule has 6 heteroatoms. The number of carbonyl (C=O) groups is 1. The number of carbonyl (C=O) groups excluding carboxylic acids is 1. The Labute approximate surface area is 136 Å². The first kappa shape index (κ1) is 15.7. The minimum atomic E-state index is -0.0231. The van der Waals surface area contributed by atoms with Crippen molar-refractivity contribution in [3.8, 4) is 0 Å². The third kappa shape index (κ3) is 4.39. The molecular formula is C17H23N5O. The van der Waals surface area contributed by atoms with Crippen molar-refractivity contribution in [3.63, 3.8) is 0 Å². The van der Waals surface area contributed by atoms with Crippen LogP contribution >= 0.6 is 0 Å². The van der Waals surface area contributed by atoms with Crippen molar-refractivity contribution in [2.24, 2.45) is 7.05 Å². The highest BCUT2D eigenvalue weighted by atomic mass is 16.1. The van der Waals surface area contributed by atoms with Crippen LogP contribution in [-0.2, 0) is 13.5 Å². The fraction of sp³-hybridized carbons (Fsp3) is 0.471. The van der Waals surface area contributed by atoms with E-state index >= 15 is 0 Å². The van der Waals surface area contributed by atoms with E-state index < -0.39 is 0 Å². The van der Waals surface area contributed by atoms with Gasteiger partial charge in [0, 0.05) is 57.2 Å². The van der Waals surface area contributed by atoms with Crippen LogP contribution in [0, 0.1) is 0 Å². The minimum Gasteiger partial charge on any atom is -0.349 e. The third-order valence-corrected chi connectivity index (χ3v) is 4.30. The summed E-state index contributed by atoms with van der Waals surface area (Å²) in [5.41, 5.74) is 1.77. The first-order valence-electron chi connectivity index (χ1n) is 8.12. The molecule has 0 aromatic carbocycles. The van der Waals surface area contributed by atoms with E-state index in [1.54, 1.807) is 17.1 Å². The Balaban J connectivity index is 1.41. The second kappa shape index (κ2) is 7.37. The number of nitrogens with one attached hydrogen (secondary N) is 1. The molecule has 0 spiro atoms. The van der Waals surface area contributed by atoms with Gasteiger partial charge in [0.15, 0.2) is 0 Å². The van der Waals surface area contributed by atoms with E-state index in [1.165, 1.54) is 0 Å². The Morgan fingerprint density at radius 1 is 1.35 bits per heavy atom. The molecule has 0 atom stereocenters. The van der Waals surface area contributed by atoms with Gasteiger partial charge in [-0.2, -0.15) is 5.10 Å². The van der Waals surface area contributed by atoms with E-state index in [2.05, 4.69) is 26.4 Å². The second-order valence-electron chi connectivity index (χ2n) is 6.06. The van der Waals surface area contributed by atoms with Crippen LogP contribution in [0.1, 0.15) is 28.9 Å². The van der Waals surface area contributed by atoms with Crippen LogP contribution in [0.4, 0.5) is 0 Å². The van der Waals surface area contributed by atoms with Gasteiger partial charge in [-0.1, -0.05) is 6.07 Å². The summed E-state index contributed by atoms with van der Waals surface area (Å²) in [6, 6.07) is 6.30. The van der Waals surface area contributed by atoms with Crippen molar-refractivity contribution in [2.45, 2.75) is 25.3 Å². The van der Waals surface area contributed by atoms with Gasteiger partial charge in [-0.15, -0.1) is 0 Å². The van der Waals surface area contributed by atoms with Crippen LogP contribution < -0.4 is 5.32 Å². The molecule has 2 aromatic rings. The topological polar surface area (TPSA) is 63.1 Å². The smallest absolute Gasteiger partial charge is 0.254 e. The van der Waals surface area contributed by atoms with E-state index in [0.29, 0.717) is 5.56 Å². The molecule has 3 rings (SSSR count). The Morgan fingerprint density at radius 3 is 2.83 bits per heavy atom. The number of pyridine rings is 1. The Kier molecular flexibility index (Phi) is 5.02. The summed E-state index contributed by atoms with van der Waals surface area (Å²) in [6.07, 6.45) is 8.17. The van der Waals surface area contributed by atoms with Crippen LogP contribution in [0.3, 0.4) is 0 Å². The zero-order chi connectivity index (χ0) is 16.1. The Hall–Kier alpha value is -2.21. The first-order chi connectivity index (χ1) is 11.2. The van der Waals surface area contributed by atoms with Crippen LogP contribution in [0.15, 0.2) is 36.8 Å². The molecule has 23 heavy (non-hydrogen) atoms. The molecular weight excluding hydrogens is 290 g/mol. The number of aromatic nitrogens is 3. The first-order valence-corrected chi connectivity index (χ1v) is 8.12. The average Bonchev–Trinajstić information content (AvgIpc) is 3.02. The Morgan fingerprint density at radius 2 is 2.17 bits per heavy atom. The fourth-order valence-corrected chi connectivity index (χ4v) is 2.93. The third-order valence-electron chi connectivity index (χ3n) is 4.30. The van der Waals surface area contributed by atoms with Crippen LogP contribution in [0.25, 0.3) is 0 Å². The van der Waals surface area contributed by atoms with E-state index in [4.69, 9.17) is 0 Å². The van der Waals surface area contributed by atoms with Gasteiger partial charge in [0.25, 0.3) is 5.91 Å². The summed E-state index contributed by atoms with van der Waals surface area (Å²) < 4.78 is 1.65. The van der Waals surface area contributed by atoms with E-state index in [1.807, 2.05) is 25.4 Å². The predicted octanol–water partition coefficient (Wildman–Crippen LogP) is 1.25. The standard InChI is InChI=1S/C17H23N5O/c1-21-13-14(12-19-21)17(23)20-16-6-10-22(11-7-16)9-5-15-4-2-3-8-18-15/h2-4,8,12-13,16H,5-7,9-11H2,1H3,(H,20,23). The van der Waals surface area contributed by atoms with Gasteiger partial charge >= 0.3 is 0 Å². The lowest BCUT2D eigenvalue weighted by atomic mass is 10.0. The van der Waals surface area contributed by atoms with E-state index in [9.17, 15) is 4.79 Å². The number of amides is 1. The largest absolute Gasteiger partial charge is 0.349 e. The molecule has 0 radical (unpaired) electrons. The quantitative estimate of drug-likeness (QED) is 0.902. The summed E-state index contributed by atoms with van der Waals surface area (Å²) in [6.45, 7) is 3.07. The maximum Gasteiger partial charge on any atom is 0.254 e. The predicted molar refractivity (Wildman–Crippen MR) is 88.1 cm³/mol. The lowest BCUT2D eigenvalue weighted by molar-refractivity contribution is 0.0911. The zero-order valence-electron chi connectivity index (χ0n) is 13.5. The molecule has 1 aliphatic rings. The number of rotatable bonds is 5. The minimum absolute atomic E-state index is 0.0231. The molecule has 0 unspecified atom stereocenters. The molecule has 6 nitrogen and oxygen atoms in total. The molecule has 0 aliphatic carbocycles. The van der Waals surface area contributed by atoms with Crippen LogP contribution in [-0.4, -0.2) is 51.2 Å². The highest BCUT2D eigenvalue weighted by molar-refractivity contribution is 5.93. The molecule has 0 bridgehead atoms. The number of aryl methyl sites for hydroxylation is 1. The molecule has 1 N–H and O–H groups in total. The summed E-state index contributed by atoms with van der Waals surface area (Å²) in [5.74, 6) is -0.0231. The lowest BCUT2D eigenvalue weighted by Crippen LogP contribution is -2.45. The summed E-state index contributed by atoms with van der Waals surface area (Å²) in [4.78, 5) is 18.9. The fourth-order valence-electron chi connectivity index (χ4n) is 2.93. The molecule has 1 fully saturated rings. The maximum absolute atomic E-state index is 12.1. The molecule has 3 heterocycles. The van der Waals surface area contributed by atoms with Crippen molar-refractivity contribution >= 4 is 5.91 Å². The van der Waals surface area contributed by atoms with Crippen molar-refractivity contribution in [1.82, 2.24) is 25.0 Å². The van der Waals surface area contributed by atoms with Gasteiger partial charge in [-0.3, -0.25) is 14.5 Å². The van der Waals surface area contributed by atoms with Gasteiger partial charge < -0.3 is 10.2 Å². The number of hydrogen-bond acceptors (Lipinski definition) is 4. The van der Waals surface area contributed by atoms with Crippen molar-refractivity contribution in [1.29, 1.82) is 0 Å². The summed E-state index contributed by atoms with van der Waals surface area (Å²) in [5, 5.41) is 7.15. The normalized spacial score (nSPS) is 16.4. The van der Waals surface area contributed by atoms with Crippen molar-refractivity contribution in [3.05, 3.63) is 48.0 Å². The SMILES string of the molecule is Cn1cc(C(=O)NC2CCN(CCc3ccccn3)CC2)cn1. The monoisotopic (exact) mass is 313 g/mol. The van der Waals surface area contributed by atoms with Crippen molar-refractivity contribution in [2.75, 3.05) is 19.6 Å². The lowest BCUT2D eigenvalue weighted by Gasteiger charge is -2.32. The number of hydrogen-bond donors (Lipinski definition) is 1. The van der Waals surface area contributed by atoms with E-state index in [0.717, 1.165) is 44.6 Å².